The van der Waals surface area contributed by atoms with Crippen LogP contribution in [-0.2, 0) is 13.0 Å². The van der Waals surface area contributed by atoms with E-state index in [1.165, 1.54) is 5.56 Å². The average molecular weight is 418 g/mol. The molecule has 1 amide bonds. The lowest BCUT2D eigenvalue weighted by Crippen LogP contribution is -2.33. The Balaban J connectivity index is 1.65. The van der Waals surface area contributed by atoms with Crippen molar-refractivity contribution in [2.45, 2.75) is 46.3 Å². The number of hydrogen-bond donors (Lipinski definition) is 1. The van der Waals surface area contributed by atoms with E-state index in [0.717, 1.165) is 35.5 Å². The molecular weight excluding hydrogens is 386 g/mol. The first-order valence-electron chi connectivity index (χ1n) is 10.9. The van der Waals surface area contributed by atoms with Gasteiger partial charge in [0.1, 0.15) is 18.1 Å². The Bertz CT molecular complexity index is 985. The van der Waals surface area contributed by atoms with Crippen LogP contribution in [0.2, 0.25) is 0 Å². The first kappa shape index (κ1) is 22.4. The highest BCUT2D eigenvalue weighted by Gasteiger charge is 2.14. The molecule has 0 aliphatic rings. The van der Waals surface area contributed by atoms with Crippen molar-refractivity contribution in [2.24, 2.45) is 0 Å². The van der Waals surface area contributed by atoms with Crippen molar-refractivity contribution in [2.75, 3.05) is 6.61 Å². The second-order valence-electron chi connectivity index (χ2n) is 7.71. The normalized spacial score (nSPS) is 11.6. The number of hydrogen-bond acceptors (Lipinski definition) is 3. The van der Waals surface area contributed by atoms with Gasteiger partial charge in [0.15, 0.2) is 0 Å². The van der Waals surface area contributed by atoms with E-state index in [-0.39, 0.29) is 11.9 Å². The van der Waals surface area contributed by atoms with Gasteiger partial charge in [0.25, 0.3) is 5.91 Å². The number of amides is 1. The van der Waals surface area contributed by atoms with Gasteiger partial charge in [-0.05, 0) is 69.0 Å². The number of nitrogens with one attached hydrogen (secondary N) is 1. The standard InChI is InChI=1S/C27H31NO3/c1-4-30-26-17-16-23(18-24(26)19-31-25-13-9-8-10-20(25)2)27(29)28-21(3)14-15-22-11-6-5-7-12-22/h5-13,16-18,21H,4,14-15,19H2,1-3H3,(H,28,29). The van der Waals surface area contributed by atoms with Crippen LogP contribution in [0, 0.1) is 6.92 Å². The molecule has 4 nitrogen and oxygen atoms in total. The minimum Gasteiger partial charge on any atom is -0.493 e. The summed E-state index contributed by atoms with van der Waals surface area (Å²) in [7, 11) is 0. The zero-order valence-electron chi connectivity index (χ0n) is 18.6. The number of carbonyl (C=O) groups excluding carboxylic acids is 1. The molecule has 0 aliphatic carbocycles. The molecule has 4 heteroatoms. The first-order chi connectivity index (χ1) is 15.1. The Morgan fingerprint density at radius 2 is 1.68 bits per heavy atom. The van der Waals surface area contributed by atoms with Gasteiger partial charge in [-0.15, -0.1) is 0 Å². The van der Waals surface area contributed by atoms with E-state index in [1.807, 2.05) is 81.4 Å². The number of ether oxygens (including phenoxy) is 2. The molecule has 0 radical (unpaired) electrons. The van der Waals surface area contributed by atoms with Gasteiger partial charge < -0.3 is 14.8 Å². The Labute approximate surface area is 185 Å². The van der Waals surface area contributed by atoms with Gasteiger partial charge in [-0.3, -0.25) is 4.79 Å². The minimum absolute atomic E-state index is 0.0749. The number of para-hydroxylation sites is 1. The van der Waals surface area contributed by atoms with Gasteiger partial charge in [-0.25, -0.2) is 0 Å². The molecule has 1 atom stereocenters. The lowest BCUT2D eigenvalue weighted by molar-refractivity contribution is 0.0938. The smallest absolute Gasteiger partial charge is 0.251 e. The molecular formula is C27H31NO3. The van der Waals surface area contributed by atoms with Crippen LogP contribution in [-0.4, -0.2) is 18.6 Å². The monoisotopic (exact) mass is 417 g/mol. The van der Waals surface area contributed by atoms with Crippen molar-refractivity contribution in [3.63, 3.8) is 0 Å². The van der Waals surface area contributed by atoms with Crippen LogP contribution in [0.15, 0.2) is 72.8 Å². The molecule has 3 aromatic carbocycles. The van der Waals surface area contributed by atoms with Crippen LogP contribution >= 0.6 is 0 Å². The predicted octanol–water partition coefficient (Wildman–Crippen LogP) is 5.72. The van der Waals surface area contributed by atoms with E-state index < -0.39 is 0 Å². The molecule has 0 saturated heterocycles. The fraction of sp³-hybridized carbons (Fsp3) is 0.296. The number of aryl methyl sites for hydroxylation is 2. The number of benzene rings is 3. The third-order valence-corrected chi connectivity index (χ3v) is 5.19. The van der Waals surface area contributed by atoms with Gasteiger partial charge >= 0.3 is 0 Å². The van der Waals surface area contributed by atoms with E-state index in [1.54, 1.807) is 0 Å². The second-order valence-corrected chi connectivity index (χ2v) is 7.71. The molecule has 0 spiro atoms. The molecule has 0 fully saturated rings. The summed E-state index contributed by atoms with van der Waals surface area (Å²) in [6.07, 6.45) is 1.82. The SMILES string of the molecule is CCOc1ccc(C(=O)NC(C)CCc2ccccc2)cc1COc1ccccc1C. The van der Waals surface area contributed by atoms with E-state index in [4.69, 9.17) is 9.47 Å². The summed E-state index contributed by atoms with van der Waals surface area (Å²) in [5.74, 6) is 1.49. The lowest BCUT2D eigenvalue weighted by atomic mass is 10.1. The third-order valence-electron chi connectivity index (χ3n) is 5.19. The first-order valence-corrected chi connectivity index (χ1v) is 10.9. The topological polar surface area (TPSA) is 47.6 Å². The van der Waals surface area contributed by atoms with Gasteiger partial charge in [0.2, 0.25) is 0 Å². The van der Waals surface area contributed by atoms with Crippen LogP contribution in [0.3, 0.4) is 0 Å². The van der Waals surface area contributed by atoms with Gasteiger partial charge in [-0.2, -0.15) is 0 Å². The van der Waals surface area contributed by atoms with E-state index in [0.29, 0.717) is 18.8 Å². The molecule has 1 unspecified atom stereocenters. The number of carbonyl (C=O) groups is 1. The molecule has 0 bridgehead atoms. The summed E-state index contributed by atoms with van der Waals surface area (Å²) in [5, 5.41) is 3.11. The maximum atomic E-state index is 12.8. The van der Waals surface area contributed by atoms with Crippen molar-refractivity contribution >= 4 is 5.91 Å². The van der Waals surface area contributed by atoms with Crippen molar-refractivity contribution in [1.29, 1.82) is 0 Å². The van der Waals surface area contributed by atoms with Crippen LogP contribution in [0.1, 0.15) is 47.3 Å². The summed E-state index contributed by atoms with van der Waals surface area (Å²) in [6, 6.07) is 23.8. The quantitative estimate of drug-likeness (QED) is 0.459. The Hall–Kier alpha value is -3.27. The Morgan fingerprint density at radius 1 is 0.935 bits per heavy atom. The van der Waals surface area contributed by atoms with Gasteiger partial charge in [0, 0.05) is 17.2 Å². The fourth-order valence-electron chi connectivity index (χ4n) is 3.41. The van der Waals surface area contributed by atoms with Crippen LogP contribution in [0.25, 0.3) is 0 Å². The van der Waals surface area contributed by atoms with Gasteiger partial charge in [-0.1, -0.05) is 48.5 Å². The minimum atomic E-state index is -0.0826. The summed E-state index contributed by atoms with van der Waals surface area (Å²) in [6.45, 7) is 6.89. The molecule has 0 heterocycles. The highest BCUT2D eigenvalue weighted by molar-refractivity contribution is 5.94. The van der Waals surface area contributed by atoms with Crippen molar-refractivity contribution in [3.8, 4) is 11.5 Å². The third kappa shape index (κ3) is 6.61. The summed E-state index contributed by atoms with van der Waals surface area (Å²) in [5.41, 5.74) is 3.81. The second kappa shape index (κ2) is 11.2. The Kier molecular flexibility index (Phi) is 8.11. The van der Waals surface area contributed by atoms with E-state index >= 15 is 0 Å². The maximum absolute atomic E-state index is 12.8. The molecule has 3 rings (SSSR count). The fourth-order valence-corrected chi connectivity index (χ4v) is 3.41. The zero-order valence-corrected chi connectivity index (χ0v) is 18.6. The zero-order chi connectivity index (χ0) is 22.1. The Morgan fingerprint density at radius 3 is 2.42 bits per heavy atom. The van der Waals surface area contributed by atoms with Crippen molar-refractivity contribution in [3.05, 3.63) is 95.1 Å². The highest BCUT2D eigenvalue weighted by Crippen LogP contribution is 2.24. The van der Waals surface area contributed by atoms with Crippen LogP contribution < -0.4 is 14.8 Å². The molecule has 3 aromatic rings. The molecule has 0 aromatic heterocycles. The van der Waals surface area contributed by atoms with Crippen LogP contribution in [0.5, 0.6) is 11.5 Å². The largest absolute Gasteiger partial charge is 0.493 e. The van der Waals surface area contributed by atoms with Crippen molar-refractivity contribution in [1.82, 2.24) is 5.32 Å². The maximum Gasteiger partial charge on any atom is 0.251 e. The number of rotatable bonds is 10. The van der Waals surface area contributed by atoms with Crippen molar-refractivity contribution < 1.29 is 14.3 Å². The highest BCUT2D eigenvalue weighted by atomic mass is 16.5. The average Bonchev–Trinajstić information content (AvgIpc) is 2.79. The summed E-state index contributed by atoms with van der Waals surface area (Å²) < 4.78 is 11.7. The summed E-state index contributed by atoms with van der Waals surface area (Å²) in [4.78, 5) is 12.8. The van der Waals surface area contributed by atoms with Crippen LogP contribution in [0.4, 0.5) is 0 Å². The molecule has 31 heavy (non-hydrogen) atoms. The predicted molar refractivity (Wildman–Crippen MR) is 125 cm³/mol. The van der Waals surface area contributed by atoms with Gasteiger partial charge in [0.05, 0.1) is 6.61 Å². The molecule has 162 valence electrons. The lowest BCUT2D eigenvalue weighted by Gasteiger charge is -2.16. The molecule has 1 N–H and O–H groups in total. The molecule has 0 saturated carbocycles. The summed E-state index contributed by atoms with van der Waals surface area (Å²) >= 11 is 0. The van der Waals surface area contributed by atoms with E-state index in [2.05, 4.69) is 17.4 Å². The molecule has 0 aliphatic heterocycles. The van der Waals surface area contributed by atoms with E-state index in [9.17, 15) is 4.79 Å².